The molecule has 1 unspecified atom stereocenters. The minimum Gasteiger partial charge on any atom is -0.497 e. The predicted octanol–water partition coefficient (Wildman–Crippen LogP) is 3.51. The van der Waals surface area contributed by atoms with Crippen molar-refractivity contribution in [3.8, 4) is 17.0 Å². The molecule has 3 aromatic rings. The molecule has 140 valence electrons. The van der Waals surface area contributed by atoms with Gasteiger partial charge in [-0.1, -0.05) is 18.2 Å². The van der Waals surface area contributed by atoms with Crippen LogP contribution < -0.4 is 10.1 Å². The standard InChI is InChI=1S/C18H15F3N4O2/c1-27-13-6-2-4-11(8-13)15-14(10-23-25-15)17(26)24-16(18(19,20)21)12-5-3-7-22-9-12/h2-10,16H,1H3,(H,23,25)(H,24,26). The highest BCUT2D eigenvalue weighted by Crippen LogP contribution is 2.33. The number of hydrogen-bond acceptors (Lipinski definition) is 4. The summed E-state index contributed by atoms with van der Waals surface area (Å²) in [5, 5.41) is 8.46. The van der Waals surface area contributed by atoms with E-state index >= 15 is 0 Å². The van der Waals surface area contributed by atoms with Gasteiger partial charge in [0.25, 0.3) is 5.91 Å². The first-order valence-electron chi connectivity index (χ1n) is 7.85. The van der Waals surface area contributed by atoms with E-state index in [9.17, 15) is 18.0 Å². The molecule has 0 radical (unpaired) electrons. The van der Waals surface area contributed by atoms with Crippen molar-refractivity contribution in [1.82, 2.24) is 20.5 Å². The fraction of sp³-hybridized carbons (Fsp3) is 0.167. The molecule has 0 spiro atoms. The Hall–Kier alpha value is -3.36. The molecule has 3 rings (SSSR count). The first kappa shape index (κ1) is 18.4. The molecule has 2 N–H and O–H groups in total. The summed E-state index contributed by atoms with van der Waals surface area (Å²) < 4.78 is 45.5. The number of ether oxygens (including phenoxy) is 1. The van der Waals surface area contributed by atoms with Gasteiger partial charge in [0.05, 0.1) is 24.6 Å². The summed E-state index contributed by atoms with van der Waals surface area (Å²) in [7, 11) is 1.49. The maximum Gasteiger partial charge on any atom is 0.412 e. The van der Waals surface area contributed by atoms with E-state index in [1.807, 2.05) is 5.32 Å². The van der Waals surface area contributed by atoms with Gasteiger partial charge in [-0.2, -0.15) is 18.3 Å². The average molecular weight is 376 g/mol. The maximum atomic E-state index is 13.4. The van der Waals surface area contributed by atoms with E-state index in [1.54, 1.807) is 24.3 Å². The summed E-state index contributed by atoms with van der Waals surface area (Å²) in [5.41, 5.74) is 0.673. The molecule has 6 nitrogen and oxygen atoms in total. The van der Waals surface area contributed by atoms with Crippen molar-refractivity contribution in [1.29, 1.82) is 0 Å². The number of benzene rings is 1. The number of alkyl halides is 3. The van der Waals surface area contributed by atoms with Crippen molar-refractivity contribution in [2.75, 3.05) is 7.11 Å². The molecule has 2 heterocycles. The van der Waals surface area contributed by atoms with Crippen molar-refractivity contribution in [3.05, 3.63) is 66.1 Å². The number of amides is 1. The van der Waals surface area contributed by atoms with Crippen LogP contribution in [0.15, 0.2) is 55.0 Å². The summed E-state index contributed by atoms with van der Waals surface area (Å²) in [6, 6.07) is 7.18. The van der Waals surface area contributed by atoms with Gasteiger partial charge < -0.3 is 10.1 Å². The average Bonchev–Trinajstić information content (AvgIpc) is 3.16. The number of H-pyrrole nitrogens is 1. The van der Waals surface area contributed by atoms with Crippen LogP contribution in [0.5, 0.6) is 5.75 Å². The lowest BCUT2D eigenvalue weighted by Crippen LogP contribution is -2.38. The highest BCUT2D eigenvalue weighted by atomic mass is 19.4. The van der Waals surface area contributed by atoms with Crippen LogP contribution in [-0.2, 0) is 0 Å². The van der Waals surface area contributed by atoms with Crippen molar-refractivity contribution in [3.63, 3.8) is 0 Å². The lowest BCUT2D eigenvalue weighted by atomic mass is 10.1. The van der Waals surface area contributed by atoms with Crippen LogP contribution in [0.1, 0.15) is 22.0 Å². The van der Waals surface area contributed by atoms with E-state index < -0.39 is 18.1 Å². The van der Waals surface area contributed by atoms with E-state index in [-0.39, 0.29) is 11.1 Å². The Morgan fingerprint density at radius 2 is 2.04 bits per heavy atom. The molecule has 0 fully saturated rings. The first-order chi connectivity index (χ1) is 12.9. The Morgan fingerprint density at radius 1 is 1.22 bits per heavy atom. The highest BCUT2D eigenvalue weighted by Gasteiger charge is 2.42. The van der Waals surface area contributed by atoms with Crippen LogP contribution in [0.4, 0.5) is 13.2 Å². The molecule has 9 heteroatoms. The zero-order valence-electron chi connectivity index (χ0n) is 14.1. The second-order valence-corrected chi connectivity index (χ2v) is 5.63. The molecule has 0 aliphatic carbocycles. The molecule has 0 saturated heterocycles. The predicted molar refractivity (Wildman–Crippen MR) is 91.1 cm³/mol. The molecular formula is C18H15F3N4O2. The molecule has 0 bridgehead atoms. The summed E-state index contributed by atoms with van der Waals surface area (Å²) in [5.74, 6) is -0.371. The van der Waals surface area contributed by atoms with Crippen LogP contribution in [0.3, 0.4) is 0 Å². The number of nitrogens with zero attached hydrogens (tertiary/aromatic N) is 2. The van der Waals surface area contributed by atoms with Crippen molar-refractivity contribution < 1.29 is 22.7 Å². The highest BCUT2D eigenvalue weighted by molar-refractivity contribution is 6.00. The molecule has 0 saturated carbocycles. The molecule has 0 aliphatic rings. The molecule has 0 aliphatic heterocycles. The van der Waals surface area contributed by atoms with Crippen molar-refractivity contribution >= 4 is 5.91 Å². The number of nitrogens with one attached hydrogen (secondary N) is 2. The molecule has 1 amide bonds. The molecule has 2 aromatic heterocycles. The number of rotatable bonds is 5. The van der Waals surface area contributed by atoms with E-state index in [0.29, 0.717) is 17.0 Å². The number of carbonyl (C=O) groups excluding carboxylic acids is 1. The van der Waals surface area contributed by atoms with Gasteiger partial charge in [0, 0.05) is 23.5 Å². The smallest absolute Gasteiger partial charge is 0.412 e. The van der Waals surface area contributed by atoms with Gasteiger partial charge in [-0.25, -0.2) is 0 Å². The Kier molecular flexibility index (Phi) is 5.11. The van der Waals surface area contributed by atoms with Crippen LogP contribution in [0.2, 0.25) is 0 Å². The SMILES string of the molecule is COc1cccc(-c2[nH]ncc2C(=O)NC(c2cccnc2)C(F)(F)F)c1. The monoisotopic (exact) mass is 376 g/mol. The number of aromatic amines is 1. The van der Waals surface area contributed by atoms with Gasteiger partial charge in [0.2, 0.25) is 0 Å². The van der Waals surface area contributed by atoms with E-state index in [1.165, 1.54) is 31.6 Å². The topological polar surface area (TPSA) is 79.9 Å². The van der Waals surface area contributed by atoms with E-state index in [2.05, 4.69) is 15.2 Å². The second-order valence-electron chi connectivity index (χ2n) is 5.63. The number of aromatic nitrogens is 3. The third-order valence-electron chi connectivity index (χ3n) is 3.86. The minimum atomic E-state index is -4.68. The number of methoxy groups -OCH3 is 1. The Balaban J connectivity index is 1.91. The summed E-state index contributed by atoms with van der Waals surface area (Å²) in [6.07, 6.45) is -1.08. The third kappa shape index (κ3) is 4.08. The maximum absolute atomic E-state index is 13.4. The van der Waals surface area contributed by atoms with Gasteiger partial charge in [-0.15, -0.1) is 0 Å². The minimum absolute atomic E-state index is 0.0126. The van der Waals surface area contributed by atoms with Gasteiger partial charge in [-0.05, 0) is 18.2 Å². The van der Waals surface area contributed by atoms with Crippen LogP contribution in [0.25, 0.3) is 11.3 Å². The molecular weight excluding hydrogens is 361 g/mol. The van der Waals surface area contributed by atoms with E-state index in [0.717, 1.165) is 6.20 Å². The van der Waals surface area contributed by atoms with Crippen molar-refractivity contribution in [2.45, 2.75) is 12.2 Å². The Labute approximate surface area is 152 Å². The zero-order valence-corrected chi connectivity index (χ0v) is 14.1. The third-order valence-corrected chi connectivity index (χ3v) is 3.86. The Morgan fingerprint density at radius 3 is 2.70 bits per heavy atom. The van der Waals surface area contributed by atoms with Gasteiger partial charge >= 0.3 is 6.18 Å². The van der Waals surface area contributed by atoms with Gasteiger partial charge in [0.15, 0.2) is 6.04 Å². The fourth-order valence-electron chi connectivity index (χ4n) is 2.57. The van der Waals surface area contributed by atoms with Crippen LogP contribution >= 0.6 is 0 Å². The number of halogens is 3. The molecule has 27 heavy (non-hydrogen) atoms. The lowest BCUT2D eigenvalue weighted by molar-refractivity contribution is -0.155. The van der Waals surface area contributed by atoms with Crippen LogP contribution in [0, 0.1) is 0 Å². The fourth-order valence-corrected chi connectivity index (χ4v) is 2.57. The Bertz CT molecular complexity index is 926. The quantitative estimate of drug-likeness (QED) is 0.714. The van der Waals surface area contributed by atoms with Gasteiger partial charge in [0.1, 0.15) is 5.75 Å². The normalized spacial score (nSPS) is 12.4. The van der Waals surface area contributed by atoms with Gasteiger partial charge in [-0.3, -0.25) is 14.9 Å². The summed E-state index contributed by atoms with van der Waals surface area (Å²) in [6.45, 7) is 0. The largest absolute Gasteiger partial charge is 0.497 e. The second kappa shape index (κ2) is 7.48. The number of pyridine rings is 1. The van der Waals surface area contributed by atoms with Crippen molar-refractivity contribution in [2.24, 2.45) is 0 Å². The lowest BCUT2D eigenvalue weighted by Gasteiger charge is -2.21. The summed E-state index contributed by atoms with van der Waals surface area (Å²) >= 11 is 0. The van der Waals surface area contributed by atoms with Crippen LogP contribution in [-0.4, -0.2) is 34.4 Å². The zero-order chi connectivity index (χ0) is 19.4. The summed E-state index contributed by atoms with van der Waals surface area (Å²) in [4.78, 5) is 16.3. The number of hydrogen-bond donors (Lipinski definition) is 2. The first-order valence-corrected chi connectivity index (χ1v) is 7.85. The molecule has 1 atom stereocenters. The van der Waals surface area contributed by atoms with E-state index in [4.69, 9.17) is 4.74 Å². The number of carbonyl (C=O) groups is 1. The molecule has 1 aromatic carbocycles.